The molecule has 0 bridgehead atoms. The first-order valence-corrected chi connectivity index (χ1v) is 8.02. The van der Waals surface area contributed by atoms with Gasteiger partial charge in [-0.15, -0.1) is 0 Å². The topological polar surface area (TPSA) is 89.0 Å². The van der Waals surface area contributed by atoms with Gasteiger partial charge in [0.1, 0.15) is 11.5 Å². The summed E-state index contributed by atoms with van der Waals surface area (Å²) in [6.45, 7) is 2.04. The van der Waals surface area contributed by atoms with Gasteiger partial charge in [0, 0.05) is 11.3 Å². The number of anilines is 1. The van der Waals surface area contributed by atoms with E-state index in [-0.39, 0.29) is 0 Å². The molecule has 0 saturated heterocycles. The largest absolute Gasteiger partial charge is 0.497 e. The van der Waals surface area contributed by atoms with Crippen molar-refractivity contribution in [1.82, 2.24) is 5.43 Å². The van der Waals surface area contributed by atoms with Crippen molar-refractivity contribution in [3.8, 4) is 11.5 Å². The standard InChI is InChI=1S/C19H21N3O4/c1-4-13-5-7-15(8-6-13)21-18(23)19(24)22-20-12-14-11-16(25-2)9-10-17(14)26-3/h5-12H,4H2,1-3H3,(H,21,23)(H,22,24)/b20-12+. The van der Waals surface area contributed by atoms with Gasteiger partial charge in [-0.1, -0.05) is 19.1 Å². The molecule has 2 rings (SSSR count). The maximum absolute atomic E-state index is 11.9. The van der Waals surface area contributed by atoms with E-state index in [0.29, 0.717) is 22.7 Å². The quantitative estimate of drug-likeness (QED) is 0.473. The summed E-state index contributed by atoms with van der Waals surface area (Å²) in [5.41, 5.74) is 4.47. The summed E-state index contributed by atoms with van der Waals surface area (Å²) in [7, 11) is 3.07. The molecule has 7 heteroatoms. The average Bonchev–Trinajstić information content (AvgIpc) is 2.68. The van der Waals surface area contributed by atoms with Gasteiger partial charge in [-0.05, 0) is 42.3 Å². The second-order valence-corrected chi connectivity index (χ2v) is 5.31. The molecule has 2 amide bonds. The molecule has 0 aliphatic rings. The van der Waals surface area contributed by atoms with Gasteiger partial charge in [0.15, 0.2) is 0 Å². The molecule has 0 saturated carbocycles. The zero-order chi connectivity index (χ0) is 18.9. The highest BCUT2D eigenvalue weighted by atomic mass is 16.5. The van der Waals surface area contributed by atoms with Gasteiger partial charge >= 0.3 is 11.8 Å². The van der Waals surface area contributed by atoms with E-state index in [1.54, 1.807) is 37.4 Å². The van der Waals surface area contributed by atoms with Crippen LogP contribution >= 0.6 is 0 Å². The summed E-state index contributed by atoms with van der Waals surface area (Å²) in [6.07, 6.45) is 2.28. The summed E-state index contributed by atoms with van der Waals surface area (Å²) in [5.74, 6) is -0.497. The number of carbonyl (C=O) groups is 2. The lowest BCUT2D eigenvalue weighted by atomic mass is 10.1. The lowest BCUT2D eigenvalue weighted by Crippen LogP contribution is -2.32. The fourth-order valence-corrected chi connectivity index (χ4v) is 2.16. The van der Waals surface area contributed by atoms with Crippen molar-refractivity contribution in [2.75, 3.05) is 19.5 Å². The zero-order valence-electron chi connectivity index (χ0n) is 14.9. The van der Waals surface area contributed by atoms with Crippen molar-refractivity contribution in [2.45, 2.75) is 13.3 Å². The average molecular weight is 355 g/mol. The normalized spacial score (nSPS) is 10.4. The van der Waals surface area contributed by atoms with E-state index in [9.17, 15) is 9.59 Å². The van der Waals surface area contributed by atoms with Gasteiger partial charge < -0.3 is 14.8 Å². The molecule has 2 N–H and O–H groups in total. The summed E-state index contributed by atoms with van der Waals surface area (Å²) >= 11 is 0. The zero-order valence-corrected chi connectivity index (χ0v) is 14.9. The van der Waals surface area contributed by atoms with Crippen molar-refractivity contribution in [3.63, 3.8) is 0 Å². The molecule has 0 spiro atoms. The Bertz CT molecular complexity index is 801. The van der Waals surface area contributed by atoms with E-state index in [1.165, 1.54) is 13.3 Å². The first-order chi connectivity index (χ1) is 12.6. The first kappa shape index (κ1) is 19.0. The van der Waals surface area contributed by atoms with Crippen LogP contribution in [-0.2, 0) is 16.0 Å². The predicted octanol–water partition coefficient (Wildman–Crippen LogP) is 2.36. The number of ether oxygens (including phenoxy) is 2. The Morgan fingerprint density at radius 3 is 2.38 bits per heavy atom. The highest BCUT2D eigenvalue weighted by Crippen LogP contribution is 2.22. The summed E-state index contributed by atoms with van der Waals surface area (Å²) in [5, 5.41) is 6.31. The smallest absolute Gasteiger partial charge is 0.329 e. The number of aryl methyl sites for hydroxylation is 1. The van der Waals surface area contributed by atoms with Crippen LogP contribution in [0.2, 0.25) is 0 Å². The van der Waals surface area contributed by atoms with E-state index < -0.39 is 11.8 Å². The van der Waals surface area contributed by atoms with Crippen molar-refractivity contribution >= 4 is 23.7 Å². The third-order valence-electron chi connectivity index (χ3n) is 3.63. The van der Waals surface area contributed by atoms with Crippen LogP contribution in [0.25, 0.3) is 0 Å². The number of carbonyl (C=O) groups excluding carboxylic acids is 2. The maximum atomic E-state index is 11.9. The van der Waals surface area contributed by atoms with Crippen LogP contribution in [0.5, 0.6) is 11.5 Å². The minimum atomic E-state index is -0.873. The van der Waals surface area contributed by atoms with Gasteiger partial charge in [0.05, 0.1) is 20.4 Å². The highest BCUT2D eigenvalue weighted by molar-refractivity contribution is 6.39. The predicted molar refractivity (Wildman–Crippen MR) is 99.7 cm³/mol. The number of methoxy groups -OCH3 is 2. The molecule has 2 aromatic rings. The molecule has 0 aliphatic heterocycles. The molecule has 2 aromatic carbocycles. The number of rotatable bonds is 6. The van der Waals surface area contributed by atoms with Crippen LogP contribution in [0.1, 0.15) is 18.1 Å². The van der Waals surface area contributed by atoms with Crippen molar-refractivity contribution in [2.24, 2.45) is 5.10 Å². The Morgan fingerprint density at radius 2 is 1.77 bits per heavy atom. The van der Waals surface area contributed by atoms with E-state index in [0.717, 1.165) is 12.0 Å². The number of nitrogens with zero attached hydrogens (tertiary/aromatic N) is 1. The number of nitrogens with one attached hydrogen (secondary N) is 2. The second kappa shape index (κ2) is 9.22. The number of hydrogen-bond acceptors (Lipinski definition) is 5. The number of benzene rings is 2. The Kier molecular flexibility index (Phi) is 6.73. The van der Waals surface area contributed by atoms with E-state index in [4.69, 9.17) is 9.47 Å². The third-order valence-corrected chi connectivity index (χ3v) is 3.63. The van der Waals surface area contributed by atoms with Crippen LogP contribution in [0, 0.1) is 0 Å². The van der Waals surface area contributed by atoms with Crippen molar-refractivity contribution < 1.29 is 19.1 Å². The SMILES string of the molecule is CCc1ccc(NC(=O)C(=O)N/N=C/c2cc(OC)ccc2OC)cc1. The molecule has 136 valence electrons. The maximum Gasteiger partial charge on any atom is 0.329 e. The highest BCUT2D eigenvalue weighted by Gasteiger charge is 2.13. The molecule has 0 aliphatic carbocycles. The summed E-state index contributed by atoms with van der Waals surface area (Å²) < 4.78 is 10.3. The minimum absolute atomic E-state index is 0.542. The fraction of sp³-hybridized carbons (Fsp3) is 0.211. The van der Waals surface area contributed by atoms with Crippen LogP contribution in [0.15, 0.2) is 47.6 Å². The Labute approximate surface area is 152 Å². The van der Waals surface area contributed by atoms with Crippen molar-refractivity contribution in [1.29, 1.82) is 0 Å². The first-order valence-electron chi connectivity index (χ1n) is 8.02. The number of hydrogen-bond donors (Lipinski definition) is 2. The van der Waals surface area contributed by atoms with Crippen LogP contribution in [0.4, 0.5) is 5.69 Å². The van der Waals surface area contributed by atoms with Gasteiger partial charge in [-0.3, -0.25) is 9.59 Å². The molecule has 0 aromatic heterocycles. The lowest BCUT2D eigenvalue weighted by Gasteiger charge is -2.07. The lowest BCUT2D eigenvalue weighted by molar-refractivity contribution is -0.136. The third kappa shape index (κ3) is 5.07. The van der Waals surface area contributed by atoms with E-state index in [2.05, 4.69) is 15.8 Å². The number of hydrazone groups is 1. The molecule has 0 heterocycles. The fourth-order valence-electron chi connectivity index (χ4n) is 2.16. The molecule has 0 radical (unpaired) electrons. The van der Waals surface area contributed by atoms with E-state index >= 15 is 0 Å². The second-order valence-electron chi connectivity index (χ2n) is 5.31. The minimum Gasteiger partial charge on any atom is -0.497 e. The number of amides is 2. The molecule has 0 atom stereocenters. The van der Waals surface area contributed by atoms with Crippen LogP contribution < -0.4 is 20.2 Å². The van der Waals surface area contributed by atoms with Crippen LogP contribution in [-0.4, -0.2) is 32.2 Å². The molecule has 0 fully saturated rings. The van der Waals surface area contributed by atoms with Gasteiger partial charge in [0.25, 0.3) is 0 Å². The summed E-state index contributed by atoms with van der Waals surface area (Å²) in [6, 6.07) is 12.4. The van der Waals surface area contributed by atoms with Crippen molar-refractivity contribution in [3.05, 3.63) is 53.6 Å². The monoisotopic (exact) mass is 355 g/mol. The molecular weight excluding hydrogens is 334 g/mol. The molecule has 7 nitrogen and oxygen atoms in total. The molecular formula is C19H21N3O4. The van der Waals surface area contributed by atoms with Gasteiger partial charge in [-0.25, -0.2) is 5.43 Å². The molecule has 0 unspecified atom stereocenters. The summed E-state index contributed by atoms with van der Waals surface area (Å²) in [4.78, 5) is 23.7. The Hall–Kier alpha value is -3.35. The van der Waals surface area contributed by atoms with Gasteiger partial charge in [-0.2, -0.15) is 5.10 Å². The Morgan fingerprint density at radius 1 is 1.04 bits per heavy atom. The Balaban J connectivity index is 1.96. The molecule has 26 heavy (non-hydrogen) atoms. The van der Waals surface area contributed by atoms with Crippen LogP contribution in [0.3, 0.4) is 0 Å². The van der Waals surface area contributed by atoms with Gasteiger partial charge in [0.2, 0.25) is 0 Å². The van der Waals surface area contributed by atoms with E-state index in [1.807, 2.05) is 19.1 Å².